The number of Topliss-reactive ketones (excluding diaryl/α,β-unsaturated/α-hetero) is 1. The Balaban J connectivity index is 3.40. The molecule has 1 aromatic rings. The Morgan fingerprint density at radius 1 is 1.64 bits per heavy atom. The maximum Gasteiger partial charge on any atom is 0.290 e. The zero-order chi connectivity index (χ0) is 10.7. The van der Waals surface area contributed by atoms with Crippen molar-refractivity contribution in [3.8, 4) is 6.07 Å². The molecule has 0 aliphatic carbocycles. The average Bonchev–Trinajstić information content (AvgIpc) is 2.16. The molecular weight excluding hydrogens is 178 g/mol. The minimum atomic E-state index is -0.0436. The number of H-pyrrole nitrogens is 1. The average molecular weight is 190 g/mol. The van der Waals surface area contributed by atoms with Crippen LogP contribution in [0, 0.1) is 18.3 Å². The summed E-state index contributed by atoms with van der Waals surface area (Å²) < 4.78 is 0. The number of rotatable bonds is 2. The van der Waals surface area contributed by atoms with Crippen molar-refractivity contribution in [1.82, 2.24) is 0 Å². The fourth-order valence-corrected chi connectivity index (χ4v) is 1.30. The van der Waals surface area contributed by atoms with E-state index in [0.717, 1.165) is 5.69 Å². The second kappa shape index (κ2) is 3.88. The Bertz CT molecular complexity index is 418. The first kappa shape index (κ1) is 10.2. The molecule has 0 spiro atoms. The summed E-state index contributed by atoms with van der Waals surface area (Å²) >= 11 is 0. The molecule has 4 heteroatoms. The Hall–Kier alpha value is -1.89. The van der Waals surface area contributed by atoms with Crippen LogP contribution in [0.5, 0.6) is 0 Å². The van der Waals surface area contributed by atoms with Gasteiger partial charge in [-0.1, -0.05) is 0 Å². The largest absolute Gasteiger partial charge is 0.294 e. The standard InChI is InChI=1S/C10H11N3O/c1-6-9(7(2)14)4-8(5-11)10(12-3)13-6/h4H,1-3H3,(H,12,13)/p+1. The normalized spacial score (nSPS) is 9.29. The number of pyridine rings is 1. The minimum absolute atomic E-state index is 0.0436. The first-order valence-electron chi connectivity index (χ1n) is 4.26. The molecule has 0 fully saturated rings. The van der Waals surface area contributed by atoms with E-state index in [9.17, 15) is 4.79 Å². The molecule has 1 aromatic heterocycles. The van der Waals surface area contributed by atoms with Gasteiger partial charge in [0.2, 0.25) is 0 Å². The SMILES string of the molecule is CNc1[nH+]c(C)c(C(C)=O)cc1C#N. The molecule has 72 valence electrons. The molecule has 2 N–H and O–H groups in total. The van der Waals surface area contributed by atoms with Crippen molar-refractivity contribution in [3.63, 3.8) is 0 Å². The van der Waals surface area contributed by atoms with Gasteiger partial charge in [-0.2, -0.15) is 5.26 Å². The van der Waals surface area contributed by atoms with E-state index in [4.69, 9.17) is 5.26 Å². The van der Waals surface area contributed by atoms with Crippen LogP contribution in [0.15, 0.2) is 6.07 Å². The summed E-state index contributed by atoms with van der Waals surface area (Å²) in [6, 6.07) is 3.62. The van der Waals surface area contributed by atoms with E-state index >= 15 is 0 Å². The van der Waals surface area contributed by atoms with Crippen molar-refractivity contribution in [1.29, 1.82) is 5.26 Å². The second-order valence-corrected chi connectivity index (χ2v) is 3.01. The summed E-state index contributed by atoms with van der Waals surface area (Å²) in [7, 11) is 1.72. The van der Waals surface area contributed by atoms with E-state index in [-0.39, 0.29) is 5.78 Å². The maximum absolute atomic E-state index is 11.2. The molecule has 1 heterocycles. The van der Waals surface area contributed by atoms with Crippen LogP contribution in [-0.4, -0.2) is 12.8 Å². The molecule has 0 radical (unpaired) electrons. The number of carbonyl (C=O) groups excluding carboxylic acids is 1. The number of nitrogens with one attached hydrogen (secondary N) is 2. The van der Waals surface area contributed by atoms with Crippen molar-refractivity contribution in [2.45, 2.75) is 13.8 Å². The fourth-order valence-electron chi connectivity index (χ4n) is 1.30. The van der Waals surface area contributed by atoms with Crippen LogP contribution >= 0.6 is 0 Å². The van der Waals surface area contributed by atoms with Crippen LogP contribution in [0.3, 0.4) is 0 Å². The van der Waals surface area contributed by atoms with Gasteiger partial charge in [0.1, 0.15) is 17.3 Å². The van der Waals surface area contributed by atoms with E-state index in [2.05, 4.69) is 10.3 Å². The zero-order valence-electron chi connectivity index (χ0n) is 8.43. The lowest BCUT2D eigenvalue weighted by Gasteiger charge is -2.01. The molecule has 0 bridgehead atoms. The number of aromatic nitrogens is 1. The number of ketones is 1. The number of nitrogens with zero attached hydrogens (tertiary/aromatic N) is 1. The minimum Gasteiger partial charge on any atom is -0.294 e. The summed E-state index contributed by atoms with van der Waals surface area (Å²) in [6.07, 6.45) is 0. The smallest absolute Gasteiger partial charge is 0.290 e. The van der Waals surface area contributed by atoms with Gasteiger partial charge >= 0.3 is 0 Å². The molecule has 0 saturated carbocycles. The lowest BCUT2D eigenvalue weighted by molar-refractivity contribution is -0.371. The molecule has 14 heavy (non-hydrogen) atoms. The van der Waals surface area contributed by atoms with Gasteiger partial charge in [-0.3, -0.25) is 10.1 Å². The third-order valence-electron chi connectivity index (χ3n) is 2.02. The molecule has 0 atom stereocenters. The summed E-state index contributed by atoms with van der Waals surface area (Å²) in [5.41, 5.74) is 1.77. The molecule has 1 rings (SSSR count). The van der Waals surface area contributed by atoms with Gasteiger partial charge in [0, 0.05) is 0 Å². The molecule has 4 nitrogen and oxygen atoms in total. The Morgan fingerprint density at radius 2 is 2.29 bits per heavy atom. The molecule has 0 aromatic carbocycles. The fraction of sp³-hybridized carbons (Fsp3) is 0.300. The van der Waals surface area contributed by atoms with Gasteiger partial charge in [-0.25, -0.2) is 4.98 Å². The van der Waals surface area contributed by atoms with Crippen LogP contribution < -0.4 is 10.3 Å². The van der Waals surface area contributed by atoms with E-state index in [1.54, 1.807) is 20.0 Å². The zero-order valence-corrected chi connectivity index (χ0v) is 8.43. The Morgan fingerprint density at radius 3 is 2.71 bits per heavy atom. The van der Waals surface area contributed by atoms with Gasteiger partial charge in [0.05, 0.1) is 12.6 Å². The number of carbonyl (C=O) groups is 1. The van der Waals surface area contributed by atoms with Crippen molar-refractivity contribution in [2.75, 3.05) is 12.4 Å². The summed E-state index contributed by atoms with van der Waals surface area (Å²) in [5.74, 6) is 0.591. The predicted octanol–water partition coefficient (Wildman–Crippen LogP) is 0.925. The van der Waals surface area contributed by atoms with Gasteiger partial charge in [-0.15, -0.1) is 0 Å². The molecule has 0 aliphatic rings. The van der Waals surface area contributed by atoms with Gasteiger partial charge in [0.15, 0.2) is 5.78 Å². The van der Waals surface area contributed by atoms with Crippen molar-refractivity contribution >= 4 is 11.6 Å². The first-order valence-corrected chi connectivity index (χ1v) is 4.26. The monoisotopic (exact) mass is 190 g/mol. The third kappa shape index (κ3) is 1.72. The van der Waals surface area contributed by atoms with Crippen LogP contribution in [0.4, 0.5) is 5.82 Å². The van der Waals surface area contributed by atoms with Crippen LogP contribution in [0.1, 0.15) is 28.5 Å². The highest BCUT2D eigenvalue weighted by Crippen LogP contribution is 2.12. The molecule has 0 saturated heterocycles. The highest BCUT2D eigenvalue weighted by atomic mass is 16.1. The lowest BCUT2D eigenvalue weighted by atomic mass is 10.1. The number of nitriles is 1. The van der Waals surface area contributed by atoms with Gasteiger partial charge in [-0.05, 0) is 19.9 Å². The quantitative estimate of drug-likeness (QED) is 0.705. The number of aryl methyl sites for hydroxylation is 1. The van der Waals surface area contributed by atoms with E-state index in [0.29, 0.717) is 16.9 Å². The van der Waals surface area contributed by atoms with E-state index < -0.39 is 0 Å². The highest BCUT2D eigenvalue weighted by Gasteiger charge is 2.14. The second-order valence-electron chi connectivity index (χ2n) is 3.01. The first-order chi connectivity index (χ1) is 6.60. The summed E-state index contributed by atoms with van der Waals surface area (Å²) in [5, 5.41) is 11.7. The Labute approximate surface area is 82.6 Å². The van der Waals surface area contributed by atoms with E-state index in [1.807, 2.05) is 6.07 Å². The lowest BCUT2D eigenvalue weighted by Crippen LogP contribution is -2.19. The number of anilines is 1. The van der Waals surface area contributed by atoms with Crippen molar-refractivity contribution < 1.29 is 9.78 Å². The van der Waals surface area contributed by atoms with E-state index in [1.165, 1.54) is 6.92 Å². The molecule has 0 aliphatic heterocycles. The van der Waals surface area contributed by atoms with Crippen LogP contribution in [0.2, 0.25) is 0 Å². The van der Waals surface area contributed by atoms with Crippen LogP contribution in [0.25, 0.3) is 0 Å². The molecule has 0 unspecified atom stereocenters. The molecular formula is C10H12N3O+. The topological polar surface area (TPSA) is 67.0 Å². The summed E-state index contributed by atoms with van der Waals surface area (Å²) in [4.78, 5) is 14.2. The number of hydrogen-bond donors (Lipinski definition) is 1. The van der Waals surface area contributed by atoms with Crippen LogP contribution in [-0.2, 0) is 0 Å². The van der Waals surface area contributed by atoms with Crippen molar-refractivity contribution in [2.24, 2.45) is 0 Å². The molecule has 0 amide bonds. The number of hydrogen-bond acceptors (Lipinski definition) is 3. The predicted molar refractivity (Wildman–Crippen MR) is 52.0 cm³/mol. The van der Waals surface area contributed by atoms with Gasteiger partial charge < -0.3 is 0 Å². The Kier molecular flexibility index (Phi) is 2.82. The highest BCUT2D eigenvalue weighted by molar-refractivity contribution is 5.95. The summed E-state index contributed by atoms with van der Waals surface area (Å²) in [6.45, 7) is 3.29. The number of aromatic amines is 1. The van der Waals surface area contributed by atoms with Crippen molar-refractivity contribution in [3.05, 3.63) is 22.9 Å². The maximum atomic E-state index is 11.2. The van der Waals surface area contributed by atoms with Gasteiger partial charge in [0.25, 0.3) is 5.82 Å². The third-order valence-corrected chi connectivity index (χ3v) is 2.02.